The van der Waals surface area contributed by atoms with Gasteiger partial charge in [-0.3, -0.25) is 4.79 Å². The SMILES string of the molecule is CO/C=C/C1CCN(S(=O)(=O)C2(C(=O)OC(C)(C)C)CCOCC2)CC1. The number of ether oxygens (including phenoxy) is 3. The fourth-order valence-electron chi connectivity index (χ4n) is 3.38. The molecule has 2 heterocycles. The van der Waals surface area contributed by atoms with E-state index < -0.39 is 26.3 Å². The quantitative estimate of drug-likeness (QED) is 0.529. The van der Waals surface area contributed by atoms with Crippen LogP contribution in [0, 0.1) is 5.92 Å². The first-order valence-electron chi connectivity index (χ1n) is 9.13. The molecule has 0 aromatic heterocycles. The van der Waals surface area contributed by atoms with E-state index in [1.807, 2.05) is 6.08 Å². The van der Waals surface area contributed by atoms with Crippen LogP contribution < -0.4 is 0 Å². The molecule has 0 bridgehead atoms. The average molecular weight is 390 g/mol. The van der Waals surface area contributed by atoms with Crippen molar-refractivity contribution in [1.29, 1.82) is 0 Å². The van der Waals surface area contributed by atoms with Gasteiger partial charge >= 0.3 is 5.97 Å². The highest BCUT2D eigenvalue weighted by molar-refractivity contribution is 7.91. The molecule has 0 N–H and O–H groups in total. The van der Waals surface area contributed by atoms with Gasteiger partial charge in [0.2, 0.25) is 10.0 Å². The molecule has 0 aromatic rings. The third-order valence-electron chi connectivity index (χ3n) is 4.89. The number of hydrogen-bond acceptors (Lipinski definition) is 6. The fourth-order valence-corrected chi connectivity index (χ4v) is 5.51. The van der Waals surface area contributed by atoms with Crippen LogP contribution in [0.1, 0.15) is 46.5 Å². The van der Waals surface area contributed by atoms with E-state index in [0.29, 0.717) is 25.9 Å². The summed E-state index contributed by atoms with van der Waals surface area (Å²) in [4.78, 5) is 12.9. The van der Waals surface area contributed by atoms with Gasteiger partial charge in [-0.05, 0) is 45.6 Å². The summed E-state index contributed by atoms with van der Waals surface area (Å²) in [7, 11) is -2.25. The Hall–Kier alpha value is -1.12. The molecule has 8 heteroatoms. The van der Waals surface area contributed by atoms with Crippen molar-refractivity contribution >= 4 is 16.0 Å². The number of carbonyl (C=O) groups is 1. The van der Waals surface area contributed by atoms with Gasteiger partial charge < -0.3 is 14.2 Å². The smallest absolute Gasteiger partial charge is 0.329 e. The summed E-state index contributed by atoms with van der Waals surface area (Å²) in [6.07, 6.45) is 5.28. The minimum Gasteiger partial charge on any atom is -0.505 e. The van der Waals surface area contributed by atoms with Gasteiger partial charge in [0.05, 0.1) is 13.4 Å². The number of carbonyl (C=O) groups excluding carboxylic acids is 1. The third-order valence-corrected chi connectivity index (χ3v) is 7.50. The summed E-state index contributed by atoms with van der Waals surface area (Å²) in [6.45, 7) is 6.52. The molecule has 2 fully saturated rings. The summed E-state index contributed by atoms with van der Waals surface area (Å²) in [5, 5.41) is 0. The molecule has 7 nitrogen and oxygen atoms in total. The van der Waals surface area contributed by atoms with Gasteiger partial charge in [0.15, 0.2) is 4.75 Å². The number of allylic oxidation sites excluding steroid dienone is 1. The zero-order chi connectivity index (χ0) is 19.4. The van der Waals surface area contributed by atoms with Crippen molar-refractivity contribution < 1.29 is 27.4 Å². The van der Waals surface area contributed by atoms with Crippen molar-refractivity contribution in [1.82, 2.24) is 4.31 Å². The summed E-state index contributed by atoms with van der Waals surface area (Å²) in [5.74, 6) is -0.372. The molecule has 0 amide bonds. The molecule has 2 saturated heterocycles. The van der Waals surface area contributed by atoms with Gasteiger partial charge in [-0.2, -0.15) is 0 Å². The lowest BCUT2D eigenvalue weighted by molar-refractivity contribution is -0.161. The molecular weight excluding hydrogens is 358 g/mol. The molecule has 0 radical (unpaired) electrons. The Labute approximate surface area is 156 Å². The highest BCUT2D eigenvalue weighted by Gasteiger charge is 2.56. The topological polar surface area (TPSA) is 82.1 Å². The lowest BCUT2D eigenvalue weighted by Gasteiger charge is -2.41. The van der Waals surface area contributed by atoms with Crippen LogP contribution in [0.15, 0.2) is 12.3 Å². The molecule has 0 unspecified atom stereocenters. The Balaban J connectivity index is 2.21. The van der Waals surface area contributed by atoms with Gasteiger partial charge in [0.1, 0.15) is 5.60 Å². The Kier molecular flexibility index (Phi) is 6.74. The van der Waals surface area contributed by atoms with Crippen LogP contribution in [0.3, 0.4) is 0 Å². The predicted octanol–water partition coefficient (Wildman–Crippen LogP) is 2.08. The number of nitrogens with zero attached hydrogens (tertiary/aromatic N) is 1. The van der Waals surface area contributed by atoms with Gasteiger partial charge in [-0.15, -0.1) is 0 Å². The Morgan fingerprint density at radius 2 is 1.77 bits per heavy atom. The largest absolute Gasteiger partial charge is 0.505 e. The van der Waals surface area contributed by atoms with Crippen LogP contribution in [0.25, 0.3) is 0 Å². The van der Waals surface area contributed by atoms with Crippen LogP contribution in [0.2, 0.25) is 0 Å². The van der Waals surface area contributed by atoms with Crippen molar-refractivity contribution in [2.45, 2.75) is 56.8 Å². The molecule has 26 heavy (non-hydrogen) atoms. The molecule has 2 aliphatic heterocycles. The highest BCUT2D eigenvalue weighted by Crippen LogP contribution is 2.37. The summed E-state index contributed by atoms with van der Waals surface area (Å²) < 4.78 is 42.6. The first-order valence-corrected chi connectivity index (χ1v) is 10.6. The number of methoxy groups -OCH3 is 1. The van der Waals surface area contributed by atoms with Crippen LogP contribution in [0.5, 0.6) is 0 Å². The Morgan fingerprint density at radius 3 is 2.27 bits per heavy atom. The van der Waals surface area contributed by atoms with Crippen LogP contribution in [0.4, 0.5) is 0 Å². The third kappa shape index (κ3) is 4.58. The lowest BCUT2D eigenvalue weighted by atomic mass is 9.98. The van der Waals surface area contributed by atoms with Crippen molar-refractivity contribution in [3.63, 3.8) is 0 Å². The van der Waals surface area contributed by atoms with Crippen molar-refractivity contribution in [2.24, 2.45) is 5.92 Å². The second-order valence-electron chi connectivity index (χ2n) is 7.91. The minimum atomic E-state index is -3.84. The molecule has 0 aliphatic carbocycles. The number of hydrogen-bond donors (Lipinski definition) is 0. The molecular formula is C18H31NO6S. The monoisotopic (exact) mass is 389 g/mol. The fraction of sp³-hybridized carbons (Fsp3) is 0.833. The Morgan fingerprint density at radius 1 is 1.19 bits per heavy atom. The van der Waals surface area contributed by atoms with E-state index in [0.717, 1.165) is 0 Å². The van der Waals surface area contributed by atoms with E-state index in [1.54, 1.807) is 34.1 Å². The lowest BCUT2D eigenvalue weighted by Crippen LogP contribution is -2.58. The summed E-state index contributed by atoms with van der Waals surface area (Å²) in [5.41, 5.74) is -0.740. The van der Waals surface area contributed by atoms with E-state index in [-0.39, 0.29) is 32.0 Å². The van der Waals surface area contributed by atoms with Crippen LogP contribution in [-0.2, 0) is 29.0 Å². The van der Waals surface area contributed by atoms with Crippen molar-refractivity contribution in [3.05, 3.63) is 12.3 Å². The number of piperidine rings is 1. The maximum absolute atomic E-state index is 13.4. The van der Waals surface area contributed by atoms with Crippen LogP contribution >= 0.6 is 0 Å². The molecule has 2 aliphatic rings. The van der Waals surface area contributed by atoms with E-state index >= 15 is 0 Å². The first kappa shape index (κ1) is 21.2. The van der Waals surface area contributed by atoms with E-state index in [2.05, 4.69) is 0 Å². The van der Waals surface area contributed by atoms with Crippen molar-refractivity contribution in [3.8, 4) is 0 Å². The predicted molar refractivity (Wildman–Crippen MR) is 98.0 cm³/mol. The van der Waals surface area contributed by atoms with Gasteiger partial charge in [0, 0.05) is 39.1 Å². The van der Waals surface area contributed by atoms with Crippen molar-refractivity contribution in [2.75, 3.05) is 33.4 Å². The maximum Gasteiger partial charge on any atom is 0.329 e. The minimum absolute atomic E-state index is 0.133. The molecule has 0 saturated carbocycles. The zero-order valence-electron chi connectivity index (χ0n) is 16.2. The number of esters is 1. The summed E-state index contributed by atoms with van der Waals surface area (Å²) >= 11 is 0. The normalized spacial score (nSPS) is 23.1. The van der Waals surface area contributed by atoms with Gasteiger partial charge in [-0.1, -0.05) is 0 Å². The maximum atomic E-state index is 13.4. The first-order chi connectivity index (χ1) is 12.1. The zero-order valence-corrected chi connectivity index (χ0v) is 17.0. The highest BCUT2D eigenvalue weighted by atomic mass is 32.2. The average Bonchev–Trinajstić information content (AvgIpc) is 2.59. The molecule has 0 atom stereocenters. The van der Waals surface area contributed by atoms with Gasteiger partial charge in [0.25, 0.3) is 0 Å². The molecule has 150 valence electrons. The number of sulfonamides is 1. The second kappa shape index (κ2) is 8.27. The molecule has 0 aromatic carbocycles. The second-order valence-corrected chi connectivity index (χ2v) is 10.2. The van der Waals surface area contributed by atoms with E-state index in [1.165, 1.54) is 4.31 Å². The van der Waals surface area contributed by atoms with E-state index in [9.17, 15) is 13.2 Å². The molecule has 2 rings (SSSR count). The Bertz CT molecular complexity index is 608. The van der Waals surface area contributed by atoms with Crippen LogP contribution in [-0.4, -0.2) is 62.5 Å². The van der Waals surface area contributed by atoms with Gasteiger partial charge in [-0.25, -0.2) is 12.7 Å². The molecule has 0 spiro atoms. The standard InChI is InChI=1S/C18H31NO6S/c1-17(2,3)25-16(20)18(8-13-24-14-9-18)26(21,22)19-10-5-15(6-11-19)7-12-23-4/h7,12,15H,5-6,8-11,13-14H2,1-4H3/b12-7+. The summed E-state index contributed by atoms with van der Waals surface area (Å²) in [6, 6.07) is 0. The van der Waals surface area contributed by atoms with E-state index in [4.69, 9.17) is 14.2 Å². The number of rotatable bonds is 5.